The second-order valence-electron chi connectivity index (χ2n) is 9.17. The summed E-state index contributed by atoms with van der Waals surface area (Å²) in [5, 5.41) is 1.93. The van der Waals surface area contributed by atoms with E-state index in [1.165, 1.54) is 0 Å². The molecule has 6 rings (SSSR count). The van der Waals surface area contributed by atoms with Gasteiger partial charge in [-0.3, -0.25) is 9.59 Å². The van der Waals surface area contributed by atoms with Gasteiger partial charge in [-0.1, -0.05) is 65.7 Å². The zero-order valence-electron chi connectivity index (χ0n) is 19.5. The Morgan fingerprint density at radius 2 is 1.78 bits per heavy atom. The minimum atomic E-state index is -0.629. The van der Waals surface area contributed by atoms with Crippen LogP contribution >= 0.6 is 23.2 Å². The number of carbonyl (C=O) groups is 2. The summed E-state index contributed by atoms with van der Waals surface area (Å²) in [5.41, 5.74) is 4.63. The van der Waals surface area contributed by atoms with Crippen molar-refractivity contribution in [2.24, 2.45) is 0 Å². The van der Waals surface area contributed by atoms with E-state index in [2.05, 4.69) is 11.1 Å². The van der Waals surface area contributed by atoms with E-state index in [4.69, 9.17) is 27.9 Å². The van der Waals surface area contributed by atoms with Crippen molar-refractivity contribution < 1.29 is 14.3 Å². The smallest absolute Gasteiger partial charge is 0.246 e. The largest absolute Gasteiger partial charge is 0.496 e. The van der Waals surface area contributed by atoms with E-state index < -0.39 is 12.1 Å². The number of ether oxygens (including phenoxy) is 1. The molecule has 2 atom stereocenters. The number of fused-ring (bicyclic) bond motifs is 4. The highest BCUT2D eigenvalue weighted by Crippen LogP contribution is 2.45. The van der Waals surface area contributed by atoms with Gasteiger partial charge in [0.05, 0.1) is 17.2 Å². The third-order valence-corrected chi connectivity index (χ3v) is 7.87. The number of carbonyl (C=O) groups excluding carboxylic acids is 2. The average molecular weight is 520 g/mol. The summed E-state index contributed by atoms with van der Waals surface area (Å²) in [6.07, 6.45) is 0.438. The number of nitrogens with zero attached hydrogens (tertiary/aromatic N) is 2. The number of H-pyrrole nitrogens is 1. The van der Waals surface area contributed by atoms with E-state index in [1.54, 1.807) is 29.0 Å². The van der Waals surface area contributed by atoms with E-state index in [0.717, 1.165) is 33.3 Å². The highest BCUT2D eigenvalue weighted by molar-refractivity contribution is 6.42. The van der Waals surface area contributed by atoms with Crippen molar-refractivity contribution in [3.63, 3.8) is 0 Å². The molecule has 2 unspecified atom stereocenters. The third-order valence-electron chi connectivity index (χ3n) is 7.13. The van der Waals surface area contributed by atoms with Crippen LogP contribution in [0.4, 0.5) is 0 Å². The molecule has 0 bridgehead atoms. The van der Waals surface area contributed by atoms with Crippen LogP contribution < -0.4 is 4.74 Å². The second kappa shape index (κ2) is 8.87. The molecule has 4 aromatic rings. The van der Waals surface area contributed by atoms with Crippen molar-refractivity contribution in [1.29, 1.82) is 0 Å². The number of para-hydroxylation sites is 2. The normalized spacial score (nSPS) is 19.4. The summed E-state index contributed by atoms with van der Waals surface area (Å²) < 4.78 is 5.68. The zero-order valence-corrected chi connectivity index (χ0v) is 21.0. The maximum atomic E-state index is 13.9. The lowest BCUT2D eigenvalue weighted by Crippen LogP contribution is -2.62. The third kappa shape index (κ3) is 3.64. The summed E-state index contributed by atoms with van der Waals surface area (Å²) in [6.45, 7) is 0.267. The molecule has 0 radical (unpaired) electrons. The van der Waals surface area contributed by atoms with E-state index in [0.29, 0.717) is 22.2 Å². The second-order valence-corrected chi connectivity index (χ2v) is 9.99. The van der Waals surface area contributed by atoms with Crippen LogP contribution in [0.15, 0.2) is 66.7 Å². The first-order valence-corrected chi connectivity index (χ1v) is 12.5. The fourth-order valence-electron chi connectivity index (χ4n) is 5.53. The SMILES string of the molecule is COc1ccccc1C1c2[nH]c3ccccc3c2CC2C(=O)N(Cc3ccc(Cl)c(Cl)c3)CC(=O)N21. The van der Waals surface area contributed by atoms with Gasteiger partial charge in [-0.15, -0.1) is 0 Å². The lowest BCUT2D eigenvalue weighted by Gasteiger charge is -2.47. The fourth-order valence-corrected chi connectivity index (χ4v) is 5.85. The molecule has 6 nitrogen and oxygen atoms in total. The maximum Gasteiger partial charge on any atom is 0.246 e. The van der Waals surface area contributed by atoms with Crippen molar-refractivity contribution in [1.82, 2.24) is 14.8 Å². The number of nitrogens with one attached hydrogen (secondary N) is 1. The van der Waals surface area contributed by atoms with Gasteiger partial charge in [0, 0.05) is 35.1 Å². The van der Waals surface area contributed by atoms with Crippen molar-refractivity contribution in [2.45, 2.75) is 25.0 Å². The molecule has 1 aromatic heterocycles. The van der Waals surface area contributed by atoms with Crippen LogP contribution in [0.5, 0.6) is 5.75 Å². The number of hydrogen-bond donors (Lipinski definition) is 1. The van der Waals surface area contributed by atoms with E-state index in [1.807, 2.05) is 48.5 Å². The monoisotopic (exact) mass is 519 g/mol. The Morgan fingerprint density at radius 3 is 2.58 bits per heavy atom. The number of rotatable bonds is 4. The van der Waals surface area contributed by atoms with Gasteiger partial charge in [-0.05, 0) is 35.4 Å². The Hall–Kier alpha value is -3.48. The summed E-state index contributed by atoms with van der Waals surface area (Å²) in [7, 11) is 1.62. The number of halogens is 2. The number of piperazine rings is 1. The van der Waals surface area contributed by atoms with Gasteiger partial charge >= 0.3 is 0 Å². The minimum Gasteiger partial charge on any atom is -0.496 e. The van der Waals surface area contributed by atoms with Crippen molar-refractivity contribution in [3.05, 3.63) is 99.2 Å². The molecule has 3 heterocycles. The molecule has 182 valence electrons. The van der Waals surface area contributed by atoms with Crippen LogP contribution in [0.1, 0.15) is 28.4 Å². The van der Waals surface area contributed by atoms with E-state index in [9.17, 15) is 9.59 Å². The molecular formula is C28H23Cl2N3O3. The maximum absolute atomic E-state index is 13.9. The Kier molecular flexibility index (Phi) is 5.66. The Labute approximate surface area is 218 Å². The molecule has 2 amide bonds. The quantitative estimate of drug-likeness (QED) is 0.394. The highest BCUT2D eigenvalue weighted by Gasteiger charge is 2.48. The fraction of sp³-hybridized carbons (Fsp3) is 0.214. The molecule has 0 aliphatic carbocycles. The first kappa shape index (κ1) is 23.0. The zero-order chi connectivity index (χ0) is 25.0. The first-order chi connectivity index (χ1) is 17.5. The van der Waals surface area contributed by atoms with Gasteiger partial charge < -0.3 is 19.5 Å². The van der Waals surface area contributed by atoms with Crippen LogP contribution in [-0.2, 0) is 22.6 Å². The molecule has 1 N–H and O–H groups in total. The highest BCUT2D eigenvalue weighted by atomic mass is 35.5. The molecule has 0 spiro atoms. The minimum absolute atomic E-state index is 0.0171. The molecule has 36 heavy (non-hydrogen) atoms. The first-order valence-electron chi connectivity index (χ1n) is 11.7. The van der Waals surface area contributed by atoms with Crippen molar-refractivity contribution >= 4 is 45.9 Å². The topological polar surface area (TPSA) is 65.6 Å². The van der Waals surface area contributed by atoms with Crippen LogP contribution in [0.25, 0.3) is 10.9 Å². The number of aromatic amines is 1. The Balaban J connectivity index is 1.46. The van der Waals surface area contributed by atoms with Gasteiger partial charge in [-0.2, -0.15) is 0 Å². The standard InChI is InChI=1S/C28H23Cl2N3O3/c1-36-24-9-5-3-7-18(24)27-26-19(17-6-2-4-8-22(17)31-26)13-23-28(35)32(15-25(34)33(23)27)14-16-10-11-20(29)21(30)12-16/h2-12,23,27,31H,13-15H2,1H3. The van der Waals surface area contributed by atoms with Crippen molar-refractivity contribution in [2.75, 3.05) is 13.7 Å². The van der Waals surface area contributed by atoms with Crippen LogP contribution in [0, 0.1) is 0 Å². The molecule has 0 saturated carbocycles. The van der Waals surface area contributed by atoms with Crippen LogP contribution in [-0.4, -0.2) is 46.3 Å². The molecular weight excluding hydrogens is 497 g/mol. The summed E-state index contributed by atoms with van der Waals surface area (Å²) in [6, 6.07) is 19.9. The molecule has 2 aliphatic rings. The number of amides is 2. The summed E-state index contributed by atoms with van der Waals surface area (Å²) in [4.78, 5) is 34.5. The molecule has 1 saturated heterocycles. The Bertz CT molecular complexity index is 1520. The number of aromatic nitrogens is 1. The Morgan fingerprint density at radius 1 is 1.00 bits per heavy atom. The van der Waals surface area contributed by atoms with Crippen LogP contribution in [0.2, 0.25) is 10.0 Å². The molecule has 1 fully saturated rings. The lowest BCUT2D eigenvalue weighted by molar-refractivity contribution is -0.159. The predicted octanol–water partition coefficient (Wildman–Crippen LogP) is 5.37. The number of hydrogen-bond acceptors (Lipinski definition) is 3. The average Bonchev–Trinajstić information content (AvgIpc) is 3.26. The van der Waals surface area contributed by atoms with Crippen molar-refractivity contribution in [3.8, 4) is 5.75 Å². The summed E-state index contributed by atoms with van der Waals surface area (Å²) in [5.74, 6) is 0.475. The van der Waals surface area contributed by atoms with Gasteiger partial charge in [0.1, 0.15) is 24.4 Å². The molecule has 8 heteroatoms. The molecule has 2 aliphatic heterocycles. The van der Waals surface area contributed by atoms with Crippen LogP contribution in [0.3, 0.4) is 0 Å². The van der Waals surface area contributed by atoms with Gasteiger partial charge in [0.25, 0.3) is 0 Å². The predicted molar refractivity (Wildman–Crippen MR) is 139 cm³/mol. The van der Waals surface area contributed by atoms with Gasteiger partial charge in [0.2, 0.25) is 11.8 Å². The van der Waals surface area contributed by atoms with E-state index in [-0.39, 0.29) is 24.9 Å². The van der Waals surface area contributed by atoms with E-state index >= 15 is 0 Å². The van der Waals surface area contributed by atoms with Gasteiger partial charge in [0.15, 0.2) is 0 Å². The lowest BCUT2D eigenvalue weighted by atomic mass is 9.86. The van der Waals surface area contributed by atoms with Gasteiger partial charge in [-0.25, -0.2) is 0 Å². The number of methoxy groups -OCH3 is 1. The summed E-state index contributed by atoms with van der Waals surface area (Å²) >= 11 is 12.3. The molecule has 3 aromatic carbocycles. The number of benzene rings is 3.